The molecule has 0 N–H and O–H groups in total. The second-order valence-corrected chi connectivity index (χ2v) is 11.6. The zero-order valence-corrected chi connectivity index (χ0v) is 21.6. The lowest BCUT2D eigenvalue weighted by molar-refractivity contribution is -0.0482. The van der Waals surface area contributed by atoms with Crippen molar-refractivity contribution in [1.82, 2.24) is 9.88 Å². The van der Waals surface area contributed by atoms with Gasteiger partial charge in [-0.25, -0.2) is 0 Å². The molecule has 0 spiro atoms. The molecule has 6 rings (SSSR count). The van der Waals surface area contributed by atoms with E-state index >= 15 is 0 Å². The highest BCUT2D eigenvalue weighted by molar-refractivity contribution is 5.86. The predicted octanol–water partition coefficient (Wildman–Crippen LogP) is 7.84. The summed E-state index contributed by atoms with van der Waals surface area (Å²) in [5.74, 6) is 4.81. The van der Waals surface area contributed by atoms with Crippen molar-refractivity contribution in [2.45, 2.75) is 78.2 Å². The van der Waals surface area contributed by atoms with Crippen molar-refractivity contribution >= 4 is 16.3 Å². The normalized spacial score (nSPS) is 37.5. The molecule has 2 heteroatoms. The lowest BCUT2D eigenvalue weighted by atomic mass is 9.49. The number of benzene rings is 1. The zero-order valence-electron chi connectivity index (χ0n) is 21.6. The molecule has 0 bridgehead atoms. The third kappa shape index (κ3) is 3.87. The van der Waals surface area contributed by atoms with E-state index in [2.05, 4.69) is 61.2 Å². The van der Waals surface area contributed by atoms with Gasteiger partial charge in [-0.2, -0.15) is 0 Å². The highest BCUT2D eigenvalue weighted by Gasteiger charge is 2.54. The van der Waals surface area contributed by atoms with Crippen molar-refractivity contribution in [1.29, 1.82) is 0 Å². The lowest BCUT2D eigenvalue weighted by Gasteiger charge is -2.56. The number of nitrogens with zero attached hydrogens (tertiary/aromatic N) is 2. The molecule has 0 aliphatic heterocycles. The van der Waals surface area contributed by atoms with Crippen LogP contribution < -0.4 is 0 Å². The first-order chi connectivity index (χ1) is 16.0. The van der Waals surface area contributed by atoms with Crippen LogP contribution in [0.15, 0.2) is 42.7 Å². The first-order valence-corrected chi connectivity index (χ1v) is 13.8. The van der Waals surface area contributed by atoms with E-state index in [1.807, 2.05) is 26.2 Å². The summed E-state index contributed by atoms with van der Waals surface area (Å²) in [5.41, 5.74) is 3.45. The molecule has 0 radical (unpaired) electrons. The Morgan fingerprint density at radius 3 is 2.55 bits per heavy atom. The molecule has 1 aromatic carbocycles. The van der Waals surface area contributed by atoms with Crippen molar-refractivity contribution in [3.05, 3.63) is 48.3 Å². The van der Waals surface area contributed by atoms with Gasteiger partial charge in [0.15, 0.2) is 0 Å². The van der Waals surface area contributed by atoms with Crippen LogP contribution in [0.3, 0.4) is 0 Å². The van der Waals surface area contributed by atoms with E-state index in [0.717, 1.165) is 35.6 Å². The van der Waals surface area contributed by atoms with Crippen LogP contribution in [0.25, 0.3) is 16.3 Å². The molecule has 1 heterocycles. The summed E-state index contributed by atoms with van der Waals surface area (Å²) >= 11 is 0. The van der Waals surface area contributed by atoms with Gasteiger partial charge in [-0.3, -0.25) is 4.98 Å². The van der Waals surface area contributed by atoms with E-state index < -0.39 is 0 Å². The highest BCUT2D eigenvalue weighted by Crippen LogP contribution is 2.64. The molecule has 4 aliphatic rings. The van der Waals surface area contributed by atoms with Crippen molar-refractivity contribution in [2.24, 2.45) is 35.0 Å². The summed E-state index contributed by atoms with van der Waals surface area (Å²) in [5, 5.41) is 2.58. The summed E-state index contributed by atoms with van der Waals surface area (Å²) in [4.78, 5) is 6.86. The van der Waals surface area contributed by atoms with E-state index in [9.17, 15) is 0 Å². The summed E-state index contributed by atoms with van der Waals surface area (Å²) in [7, 11) is 4.58. The van der Waals surface area contributed by atoms with Gasteiger partial charge in [-0.1, -0.05) is 39.0 Å². The van der Waals surface area contributed by atoms with Crippen LogP contribution in [0.5, 0.6) is 0 Å². The number of pyridine rings is 1. The number of rotatable bonds is 2. The molecule has 7 atom stereocenters. The van der Waals surface area contributed by atoms with Crippen molar-refractivity contribution in [2.75, 3.05) is 14.1 Å². The number of hydrogen-bond donors (Lipinski definition) is 0. The predicted molar refractivity (Wildman–Crippen MR) is 141 cm³/mol. The van der Waals surface area contributed by atoms with Gasteiger partial charge in [0.1, 0.15) is 0 Å². The van der Waals surface area contributed by atoms with Gasteiger partial charge in [-0.15, -0.1) is 0 Å². The van der Waals surface area contributed by atoms with E-state index in [1.165, 1.54) is 67.7 Å². The number of fused-ring (bicyclic) bond motifs is 6. The van der Waals surface area contributed by atoms with Crippen molar-refractivity contribution in [3.63, 3.8) is 0 Å². The van der Waals surface area contributed by atoms with Crippen LogP contribution in [0, 0.1) is 35.0 Å². The quantitative estimate of drug-likeness (QED) is 0.469. The van der Waals surface area contributed by atoms with Gasteiger partial charge in [0, 0.05) is 23.8 Å². The SMILES string of the molecule is CC.CN(C)C1CCC2C(CCC3C2CCC2(C)C(c4ccc5ccncc5c4)=CCC32)C1. The zero-order chi connectivity index (χ0) is 23.2. The minimum absolute atomic E-state index is 0.366. The van der Waals surface area contributed by atoms with Gasteiger partial charge in [0.2, 0.25) is 0 Å². The smallest absolute Gasteiger partial charge is 0.0346 e. The number of aromatic nitrogens is 1. The largest absolute Gasteiger partial charge is 0.306 e. The molecule has 33 heavy (non-hydrogen) atoms. The minimum atomic E-state index is 0.366. The van der Waals surface area contributed by atoms with Gasteiger partial charge < -0.3 is 4.90 Å². The molecule has 0 amide bonds. The lowest BCUT2D eigenvalue weighted by Crippen LogP contribution is -2.49. The van der Waals surface area contributed by atoms with E-state index in [1.54, 1.807) is 5.57 Å². The number of allylic oxidation sites excluding steroid dienone is 2. The number of hydrogen-bond acceptors (Lipinski definition) is 2. The van der Waals surface area contributed by atoms with Crippen molar-refractivity contribution in [3.8, 4) is 0 Å². The Balaban J connectivity index is 0.00000111. The van der Waals surface area contributed by atoms with E-state index in [-0.39, 0.29) is 0 Å². The Morgan fingerprint density at radius 1 is 0.909 bits per heavy atom. The average molecular weight is 445 g/mol. The summed E-state index contributed by atoms with van der Waals surface area (Å²) < 4.78 is 0. The van der Waals surface area contributed by atoms with Crippen LogP contribution in [0.4, 0.5) is 0 Å². The van der Waals surface area contributed by atoms with E-state index in [0.29, 0.717) is 5.41 Å². The highest BCUT2D eigenvalue weighted by atomic mass is 15.1. The summed E-state index contributed by atoms with van der Waals surface area (Å²) in [6, 6.07) is 10.0. The second kappa shape index (κ2) is 9.17. The maximum absolute atomic E-state index is 4.37. The monoisotopic (exact) mass is 444 g/mol. The Morgan fingerprint density at radius 2 is 1.73 bits per heavy atom. The molecule has 178 valence electrons. The molecular weight excluding hydrogens is 400 g/mol. The van der Waals surface area contributed by atoms with Gasteiger partial charge in [-0.05, 0) is 129 Å². The second-order valence-electron chi connectivity index (χ2n) is 11.6. The van der Waals surface area contributed by atoms with Crippen LogP contribution in [-0.4, -0.2) is 30.0 Å². The summed E-state index contributed by atoms with van der Waals surface area (Å²) in [6.07, 6.45) is 18.0. The van der Waals surface area contributed by atoms with Crippen LogP contribution in [-0.2, 0) is 0 Å². The standard InChI is InChI=1S/C29H38N2.C2H6/c1-29-14-12-25-24-9-7-23(31(2)3)17-20(24)6-8-26(25)28(29)11-10-27(29)21-5-4-19-13-15-30-18-22(19)16-21;1-2/h4-5,10,13,15-16,18,20,23-26,28H,6-9,11-12,14,17H2,1-3H3;1-2H3. The molecule has 1 aromatic heterocycles. The minimum Gasteiger partial charge on any atom is -0.306 e. The molecular formula is C31H44N2. The first kappa shape index (κ1) is 23.1. The van der Waals surface area contributed by atoms with Gasteiger partial charge in [0.05, 0.1) is 0 Å². The molecule has 7 unspecified atom stereocenters. The van der Waals surface area contributed by atoms with Crippen LogP contribution in [0.1, 0.15) is 77.7 Å². The molecule has 2 nitrogen and oxygen atoms in total. The third-order valence-electron chi connectivity index (χ3n) is 10.2. The molecule has 4 aliphatic carbocycles. The van der Waals surface area contributed by atoms with Crippen molar-refractivity contribution < 1.29 is 0 Å². The average Bonchev–Trinajstić information content (AvgIpc) is 3.21. The molecule has 0 saturated heterocycles. The fourth-order valence-corrected chi connectivity index (χ4v) is 8.56. The molecule has 3 saturated carbocycles. The molecule has 3 fully saturated rings. The Bertz CT molecular complexity index is 1010. The first-order valence-electron chi connectivity index (χ1n) is 13.8. The topological polar surface area (TPSA) is 16.1 Å². The van der Waals surface area contributed by atoms with Crippen LogP contribution >= 0.6 is 0 Å². The third-order valence-corrected chi connectivity index (χ3v) is 10.2. The fraction of sp³-hybridized carbons (Fsp3) is 0.645. The van der Waals surface area contributed by atoms with Gasteiger partial charge >= 0.3 is 0 Å². The molecule has 2 aromatic rings. The fourth-order valence-electron chi connectivity index (χ4n) is 8.56. The van der Waals surface area contributed by atoms with Gasteiger partial charge in [0.25, 0.3) is 0 Å². The van der Waals surface area contributed by atoms with E-state index in [4.69, 9.17) is 0 Å². The Kier molecular flexibility index (Phi) is 6.42. The maximum atomic E-state index is 4.37. The Labute approximate surface area is 201 Å². The Hall–Kier alpha value is -1.67. The summed E-state index contributed by atoms with van der Waals surface area (Å²) in [6.45, 7) is 6.61. The maximum Gasteiger partial charge on any atom is 0.0346 e. The van der Waals surface area contributed by atoms with Crippen LogP contribution in [0.2, 0.25) is 0 Å².